The molecule has 2 aromatic rings. The fraction of sp³-hybridized carbons (Fsp3) is 0.333. The molecule has 1 aromatic heterocycles. The van der Waals surface area contributed by atoms with Gasteiger partial charge in [0.1, 0.15) is 11.0 Å². The Hall–Kier alpha value is 0.830. The molecule has 0 saturated carbocycles. The number of nitrogens with zero attached hydrogens (tertiary/aromatic N) is 3. The van der Waals surface area contributed by atoms with E-state index in [-0.39, 0.29) is 0 Å². The normalized spacial score (nSPS) is 11.4. The number of aryl methyl sites for hydroxylation is 1. The van der Waals surface area contributed by atoms with Crippen molar-refractivity contribution in [2.45, 2.75) is 13.0 Å². The molecule has 1 aromatic carbocycles. The lowest BCUT2D eigenvalue weighted by Gasteiger charge is -2.02. The molecule has 0 N–H and O–H groups in total. The molecular weight excluding hydrogens is 505 g/mol. The highest BCUT2D eigenvalue weighted by Crippen LogP contribution is 2.41. The van der Waals surface area contributed by atoms with Gasteiger partial charge in [0, 0.05) is 14.8 Å². The van der Waals surface area contributed by atoms with E-state index in [1.807, 2.05) is 0 Å². The van der Waals surface area contributed by atoms with E-state index in [0.717, 1.165) is 35.3 Å². The summed E-state index contributed by atoms with van der Waals surface area (Å²) in [4.78, 5) is 1.67. The predicted octanol–water partition coefficient (Wildman–Crippen LogP) is 5.11. The predicted molar refractivity (Wildman–Crippen MR) is 83.7 cm³/mol. The first-order chi connectivity index (χ1) is 8.06. The minimum Gasteiger partial charge on any atom is -0.184 e. The van der Waals surface area contributed by atoms with Crippen LogP contribution in [0.4, 0.5) is 0 Å². The number of fused-ring (bicyclic) bond motifs is 1. The topological polar surface area (TPSA) is 30.7 Å². The monoisotopic (exact) mass is 507 g/mol. The van der Waals surface area contributed by atoms with E-state index in [4.69, 9.17) is 11.6 Å². The van der Waals surface area contributed by atoms with Crippen molar-refractivity contribution >= 4 is 86.4 Å². The first kappa shape index (κ1) is 14.2. The third-order valence-corrected chi connectivity index (χ3v) is 7.13. The summed E-state index contributed by atoms with van der Waals surface area (Å²) < 4.78 is 3.61. The van der Waals surface area contributed by atoms with Crippen LogP contribution >= 0.6 is 75.3 Å². The van der Waals surface area contributed by atoms with Crippen LogP contribution in [0.2, 0.25) is 0 Å². The molecule has 17 heavy (non-hydrogen) atoms. The molecule has 0 aliphatic carbocycles. The first-order valence-electron chi connectivity index (χ1n) is 4.69. The van der Waals surface area contributed by atoms with Crippen molar-refractivity contribution in [2.24, 2.45) is 0 Å². The average Bonchev–Trinajstić information content (AvgIpc) is 2.75. The molecule has 0 atom stereocenters. The minimum atomic E-state index is 0.605. The number of benzene rings is 1. The van der Waals surface area contributed by atoms with Crippen LogP contribution in [0.15, 0.2) is 17.9 Å². The quantitative estimate of drug-likeness (QED) is 0.326. The van der Waals surface area contributed by atoms with Gasteiger partial charge < -0.3 is 0 Å². The van der Waals surface area contributed by atoms with Gasteiger partial charge in [-0.3, -0.25) is 0 Å². The largest absolute Gasteiger partial charge is 0.184 e. The second-order valence-electron chi connectivity index (χ2n) is 3.29. The lowest BCUT2D eigenvalue weighted by molar-refractivity contribution is 0.537. The molecule has 0 fully saturated rings. The van der Waals surface area contributed by atoms with Gasteiger partial charge in [0.2, 0.25) is 0 Å². The van der Waals surface area contributed by atoms with Crippen molar-refractivity contribution in [1.29, 1.82) is 0 Å². The minimum absolute atomic E-state index is 0.605. The van der Waals surface area contributed by atoms with Crippen molar-refractivity contribution < 1.29 is 0 Å². The standard InChI is InChI=1S/C9H6Br4ClN3/c10-4-5(11)7(13)9-8(6(4)12)15-17(16-9)3-1-2-14/h1-3H2. The number of hydrogen-bond acceptors (Lipinski definition) is 2. The molecule has 0 saturated heterocycles. The summed E-state index contributed by atoms with van der Waals surface area (Å²) in [5.41, 5.74) is 1.64. The highest BCUT2D eigenvalue weighted by atomic mass is 79.9. The molecule has 8 heteroatoms. The fourth-order valence-corrected chi connectivity index (χ4v) is 3.70. The van der Waals surface area contributed by atoms with Crippen LogP contribution in [0.1, 0.15) is 6.42 Å². The fourth-order valence-electron chi connectivity index (χ4n) is 1.35. The molecule has 3 nitrogen and oxygen atoms in total. The zero-order valence-electron chi connectivity index (χ0n) is 8.35. The van der Waals surface area contributed by atoms with Gasteiger partial charge in [0.05, 0.1) is 15.5 Å². The zero-order chi connectivity index (χ0) is 12.6. The number of rotatable bonds is 3. The van der Waals surface area contributed by atoms with Gasteiger partial charge in [-0.1, -0.05) is 0 Å². The maximum Gasteiger partial charge on any atom is 0.129 e. The summed E-state index contributed by atoms with van der Waals surface area (Å²) in [5, 5.41) is 8.86. The molecule has 2 rings (SSSR count). The Morgan fingerprint density at radius 1 is 0.882 bits per heavy atom. The molecule has 0 spiro atoms. The van der Waals surface area contributed by atoms with Crippen molar-refractivity contribution in [2.75, 3.05) is 5.88 Å². The lowest BCUT2D eigenvalue weighted by Crippen LogP contribution is -2.02. The number of halogens is 5. The third kappa shape index (κ3) is 2.73. The van der Waals surface area contributed by atoms with E-state index in [9.17, 15) is 0 Å². The maximum atomic E-state index is 5.66. The van der Waals surface area contributed by atoms with Crippen LogP contribution < -0.4 is 0 Å². The van der Waals surface area contributed by atoms with E-state index >= 15 is 0 Å². The third-order valence-electron chi connectivity index (χ3n) is 2.14. The van der Waals surface area contributed by atoms with Gasteiger partial charge >= 0.3 is 0 Å². The number of aromatic nitrogens is 3. The SMILES string of the molecule is ClCCCn1nc2c(Br)c(Br)c(Br)c(Br)c2n1. The van der Waals surface area contributed by atoms with Gasteiger partial charge in [-0.05, 0) is 70.1 Å². The summed E-state index contributed by atoms with van der Waals surface area (Å²) in [6, 6.07) is 0. The van der Waals surface area contributed by atoms with Gasteiger partial charge in [0.15, 0.2) is 0 Å². The highest BCUT2D eigenvalue weighted by molar-refractivity contribution is 9.15. The van der Waals surface area contributed by atoms with Crippen LogP contribution in [0.5, 0.6) is 0 Å². The Labute approximate surface area is 137 Å². The molecule has 0 bridgehead atoms. The second-order valence-corrected chi connectivity index (χ2v) is 6.84. The van der Waals surface area contributed by atoms with Crippen molar-refractivity contribution in [3.05, 3.63) is 17.9 Å². The smallest absolute Gasteiger partial charge is 0.129 e. The van der Waals surface area contributed by atoms with Gasteiger partial charge in [-0.15, -0.1) is 11.6 Å². The second kappa shape index (κ2) is 5.86. The molecule has 1 heterocycles. The van der Waals surface area contributed by atoms with E-state index in [1.54, 1.807) is 4.80 Å². The number of alkyl halides is 1. The Kier molecular flexibility index (Phi) is 4.91. The Morgan fingerprint density at radius 3 is 1.76 bits per heavy atom. The Balaban J connectivity index is 2.60. The van der Waals surface area contributed by atoms with E-state index < -0.39 is 0 Å². The summed E-state index contributed by atoms with van der Waals surface area (Å²) in [7, 11) is 0. The van der Waals surface area contributed by atoms with Crippen LogP contribution in [-0.4, -0.2) is 20.9 Å². The molecule has 0 amide bonds. The van der Waals surface area contributed by atoms with Gasteiger partial charge in [-0.25, -0.2) is 0 Å². The van der Waals surface area contributed by atoms with Crippen molar-refractivity contribution in [3.63, 3.8) is 0 Å². The summed E-state index contributed by atoms with van der Waals surface area (Å²) >= 11 is 19.7. The molecular formula is C9H6Br4ClN3. The van der Waals surface area contributed by atoms with Gasteiger partial charge in [-0.2, -0.15) is 15.0 Å². The van der Waals surface area contributed by atoms with Crippen LogP contribution in [-0.2, 0) is 6.54 Å². The van der Waals surface area contributed by atoms with Crippen LogP contribution in [0.25, 0.3) is 11.0 Å². The molecule has 0 unspecified atom stereocenters. The Bertz CT molecular complexity index is 524. The lowest BCUT2D eigenvalue weighted by atomic mass is 10.3. The maximum absolute atomic E-state index is 5.66. The van der Waals surface area contributed by atoms with E-state index in [2.05, 4.69) is 73.9 Å². The van der Waals surface area contributed by atoms with Crippen molar-refractivity contribution in [1.82, 2.24) is 15.0 Å². The summed E-state index contributed by atoms with van der Waals surface area (Å²) in [6.07, 6.45) is 0.847. The molecule has 0 aliphatic rings. The van der Waals surface area contributed by atoms with Gasteiger partial charge in [0.25, 0.3) is 0 Å². The first-order valence-corrected chi connectivity index (χ1v) is 8.39. The molecule has 92 valence electrons. The van der Waals surface area contributed by atoms with Crippen LogP contribution in [0.3, 0.4) is 0 Å². The summed E-state index contributed by atoms with van der Waals surface area (Å²) in [6.45, 7) is 0.715. The number of hydrogen-bond donors (Lipinski definition) is 0. The zero-order valence-corrected chi connectivity index (χ0v) is 15.5. The molecule has 0 aliphatic heterocycles. The van der Waals surface area contributed by atoms with Crippen LogP contribution in [0, 0.1) is 0 Å². The average molecular weight is 511 g/mol. The molecule has 0 radical (unpaired) electrons. The Morgan fingerprint density at radius 2 is 1.35 bits per heavy atom. The highest BCUT2D eigenvalue weighted by Gasteiger charge is 2.17. The van der Waals surface area contributed by atoms with E-state index in [1.165, 1.54) is 0 Å². The van der Waals surface area contributed by atoms with E-state index in [0.29, 0.717) is 12.4 Å². The summed E-state index contributed by atoms with van der Waals surface area (Å²) in [5.74, 6) is 0.605. The van der Waals surface area contributed by atoms with Crippen molar-refractivity contribution in [3.8, 4) is 0 Å².